The molecule has 0 amide bonds. The molecule has 56 valence electrons. The van der Waals surface area contributed by atoms with Crippen LogP contribution in [-0.4, -0.2) is 30.3 Å². The molecule has 0 N–H and O–H groups in total. The number of nitrogens with zero attached hydrogens (tertiary/aromatic N) is 1. The zero-order valence-electron chi connectivity index (χ0n) is 6.18. The highest BCUT2D eigenvalue weighted by Gasteiger charge is 2.10. The van der Waals surface area contributed by atoms with Crippen molar-refractivity contribution in [3.8, 4) is 0 Å². The van der Waals surface area contributed by atoms with Crippen molar-refractivity contribution in [3.05, 3.63) is 6.92 Å². The van der Waals surface area contributed by atoms with Crippen molar-refractivity contribution in [2.45, 2.75) is 19.3 Å². The summed E-state index contributed by atoms with van der Waals surface area (Å²) in [4.78, 5) is 12.6. The molecule has 1 saturated heterocycles. The van der Waals surface area contributed by atoms with Gasteiger partial charge in [0.25, 0.3) is 0 Å². The molecular formula is C8H13NO. The number of likely N-dealkylation sites (tertiary alicyclic amines) is 1. The Labute approximate surface area is 62.2 Å². The van der Waals surface area contributed by atoms with Crippen LogP contribution in [0.15, 0.2) is 0 Å². The lowest BCUT2D eigenvalue weighted by molar-refractivity contribution is -0.116. The Hall–Kier alpha value is -0.370. The fourth-order valence-electron chi connectivity index (χ4n) is 1.34. The number of ketones is 1. The third-order valence-corrected chi connectivity index (χ3v) is 1.83. The molecule has 0 aromatic rings. The van der Waals surface area contributed by atoms with Gasteiger partial charge in [-0.05, 0) is 25.9 Å². The fraction of sp³-hybridized carbons (Fsp3) is 0.750. The van der Waals surface area contributed by atoms with Crippen LogP contribution in [0.1, 0.15) is 19.3 Å². The quantitative estimate of drug-likeness (QED) is 0.562. The van der Waals surface area contributed by atoms with Crippen molar-refractivity contribution in [1.82, 2.24) is 4.90 Å². The standard InChI is InChI=1S/C8H13NO/c1-8(10)7-9-5-3-2-4-6-9/h1H,2-7H2. The maximum Gasteiger partial charge on any atom is 0.151 e. The number of carbonyl (C=O) groups is 1. The van der Waals surface area contributed by atoms with E-state index in [0.29, 0.717) is 6.54 Å². The molecule has 0 atom stereocenters. The molecule has 1 heterocycles. The smallest absolute Gasteiger partial charge is 0.151 e. The minimum Gasteiger partial charge on any atom is -0.298 e. The monoisotopic (exact) mass is 139 g/mol. The van der Waals surface area contributed by atoms with Crippen molar-refractivity contribution in [1.29, 1.82) is 0 Å². The van der Waals surface area contributed by atoms with E-state index in [9.17, 15) is 4.79 Å². The number of hydrogen-bond donors (Lipinski definition) is 0. The van der Waals surface area contributed by atoms with E-state index in [4.69, 9.17) is 6.92 Å². The van der Waals surface area contributed by atoms with E-state index in [1.807, 2.05) is 0 Å². The van der Waals surface area contributed by atoms with E-state index in [2.05, 4.69) is 4.90 Å². The van der Waals surface area contributed by atoms with Crippen LogP contribution in [0.25, 0.3) is 0 Å². The zero-order chi connectivity index (χ0) is 7.40. The van der Waals surface area contributed by atoms with Crippen LogP contribution in [0.5, 0.6) is 0 Å². The highest BCUT2D eigenvalue weighted by molar-refractivity contribution is 5.84. The summed E-state index contributed by atoms with van der Waals surface area (Å²) in [6, 6.07) is 0. The SMILES string of the molecule is [CH]C(=O)CN1CCCCC1. The number of rotatable bonds is 2. The fourth-order valence-corrected chi connectivity index (χ4v) is 1.34. The molecular weight excluding hydrogens is 126 g/mol. The molecule has 1 rings (SSSR count). The van der Waals surface area contributed by atoms with Gasteiger partial charge in [0, 0.05) is 6.92 Å². The first-order chi connectivity index (χ1) is 4.79. The molecule has 0 aromatic heterocycles. The van der Waals surface area contributed by atoms with Gasteiger partial charge >= 0.3 is 0 Å². The Balaban J connectivity index is 2.19. The lowest BCUT2D eigenvalue weighted by Gasteiger charge is -2.24. The molecule has 0 aromatic carbocycles. The van der Waals surface area contributed by atoms with Crippen LogP contribution in [0.3, 0.4) is 0 Å². The summed E-state index contributed by atoms with van der Waals surface area (Å²) in [6.07, 6.45) is 3.73. The van der Waals surface area contributed by atoms with E-state index in [1.165, 1.54) is 19.3 Å². The lowest BCUT2D eigenvalue weighted by Crippen LogP contribution is -2.33. The third-order valence-electron chi connectivity index (χ3n) is 1.83. The molecule has 1 aliphatic heterocycles. The average Bonchev–Trinajstić information content (AvgIpc) is 1.88. The number of carbonyl (C=O) groups excluding carboxylic acids is 1. The predicted octanol–water partition coefficient (Wildman–Crippen LogP) is 0.752. The molecule has 1 fully saturated rings. The molecule has 10 heavy (non-hydrogen) atoms. The van der Waals surface area contributed by atoms with E-state index < -0.39 is 0 Å². The summed E-state index contributed by atoms with van der Waals surface area (Å²) in [5, 5.41) is 0. The first kappa shape index (κ1) is 7.73. The molecule has 1 aliphatic rings. The molecule has 0 bridgehead atoms. The van der Waals surface area contributed by atoms with Gasteiger partial charge in [0.1, 0.15) is 0 Å². The lowest BCUT2D eigenvalue weighted by atomic mass is 10.1. The van der Waals surface area contributed by atoms with Gasteiger partial charge in [0.2, 0.25) is 0 Å². The second kappa shape index (κ2) is 3.71. The third kappa shape index (κ3) is 2.48. The second-order valence-corrected chi connectivity index (χ2v) is 2.80. The van der Waals surface area contributed by atoms with Gasteiger partial charge in [-0.2, -0.15) is 0 Å². The normalized spacial score (nSPS) is 20.9. The number of hydrogen-bond acceptors (Lipinski definition) is 2. The Kier molecular flexibility index (Phi) is 2.87. The van der Waals surface area contributed by atoms with Gasteiger partial charge in [0.15, 0.2) is 5.78 Å². The largest absolute Gasteiger partial charge is 0.298 e. The Morgan fingerprint density at radius 3 is 2.40 bits per heavy atom. The van der Waals surface area contributed by atoms with E-state index >= 15 is 0 Å². The van der Waals surface area contributed by atoms with Crippen LogP contribution in [0.4, 0.5) is 0 Å². The molecule has 2 heteroatoms. The number of Topliss-reactive ketones (excluding diaryl/α,β-unsaturated/α-hetero) is 1. The maximum atomic E-state index is 10.4. The average molecular weight is 139 g/mol. The van der Waals surface area contributed by atoms with Gasteiger partial charge in [-0.1, -0.05) is 6.42 Å². The van der Waals surface area contributed by atoms with Crippen LogP contribution in [-0.2, 0) is 4.79 Å². The summed E-state index contributed by atoms with van der Waals surface area (Å²) in [5.41, 5.74) is 0. The molecule has 0 aliphatic carbocycles. The Morgan fingerprint density at radius 1 is 1.30 bits per heavy atom. The van der Waals surface area contributed by atoms with Gasteiger partial charge in [-0.25, -0.2) is 0 Å². The predicted molar refractivity (Wildman–Crippen MR) is 39.6 cm³/mol. The summed E-state index contributed by atoms with van der Waals surface area (Å²) in [5.74, 6) is -0.207. The van der Waals surface area contributed by atoms with Crippen LogP contribution in [0.2, 0.25) is 0 Å². The summed E-state index contributed by atoms with van der Waals surface area (Å²) in [6.45, 7) is 7.58. The van der Waals surface area contributed by atoms with Gasteiger partial charge < -0.3 is 0 Å². The maximum absolute atomic E-state index is 10.4. The van der Waals surface area contributed by atoms with Crippen molar-refractivity contribution < 1.29 is 4.79 Å². The minimum atomic E-state index is -0.207. The van der Waals surface area contributed by atoms with E-state index in [1.54, 1.807) is 0 Å². The molecule has 2 radical (unpaired) electrons. The Bertz CT molecular complexity index is 116. The topological polar surface area (TPSA) is 20.3 Å². The van der Waals surface area contributed by atoms with Crippen molar-refractivity contribution in [2.24, 2.45) is 0 Å². The van der Waals surface area contributed by atoms with Crippen LogP contribution >= 0.6 is 0 Å². The van der Waals surface area contributed by atoms with Crippen molar-refractivity contribution in [3.63, 3.8) is 0 Å². The zero-order valence-corrected chi connectivity index (χ0v) is 6.18. The first-order valence-electron chi connectivity index (χ1n) is 3.80. The summed E-state index contributed by atoms with van der Waals surface area (Å²) < 4.78 is 0. The summed E-state index contributed by atoms with van der Waals surface area (Å²) in [7, 11) is 0. The minimum absolute atomic E-state index is 0.207. The van der Waals surface area contributed by atoms with Gasteiger partial charge in [-0.3, -0.25) is 9.69 Å². The Morgan fingerprint density at radius 2 is 1.90 bits per heavy atom. The van der Waals surface area contributed by atoms with Crippen molar-refractivity contribution >= 4 is 5.78 Å². The van der Waals surface area contributed by atoms with Gasteiger partial charge in [0.05, 0.1) is 6.54 Å². The van der Waals surface area contributed by atoms with Crippen LogP contribution < -0.4 is 0 Å². The molecule has 0 spiro atoms. The molecule has 0 unspecified atom stereocenters. The summed E-state index contributed by atoms with van der Waals surface area (Å²) >= 11 is 0. The molecule has 0 saturated carbocycles. The number of piperidine rings is 1. The highest BCUT2D eigenvalue weighted by Crippen LogP contribution is 2.07. The van der Waals surface area contributed by atoms with Gasteiger partial charge in [-0.15, -0.1) is 0 Å². The first-order valence-corrected chi connectivity index (χ1v) is 3.80. The van der Waals surface area contributed by atoms with E-state index in [-0.39, 0.29) is 5.78 Å². The van der Waals surface area contributed by atoms with E-state index in [0.717, 1.165) is 13.1 Å². The second-order valence-electron chi connectivity index (χ2n) is 2.80. The van der Waals surface area contributed by atoms with Crippen LogP contribution in [0, 0.1) is 6.92 Å². The molecule has 2 nitrogen and oxygen atoms in total. The van der Waals surface area contributed by atoms with Crippen molar-refractivity contribution in [2.75, 3.05) is 19.6 Å². The highest BCUT2D eigenvalue weighted by atomic mass is 16.1.